The number of rotatable bonds is 6. The number of fused-ring (bicyclic) bond motifs is 5. The van der Waals surface area contributed by atoms with Crippen LogP contribution in [0, 0.1) is 46.3 Å². The second-order valence-electron chi connectivity index (χ2n) is 13.5. The maximum absolute atomic E-state index is 13.3. The molecule has 1 amide bonds. The predicted octanol–water partition coefficient (Wildman–Crippen LogP) is 7.47. The van der Waals surface area contributed by atoms with Crippen molar-refractivity contribution in [2.75, 3.05) is 0 Å². The molecule has 4 aliphatic rings. The van der Waals surface area contributed by atoms with Gasteiger partial charge in [-0.3, -0.25) is 9.59 Å². The van der Waals surface area contributed by atoms with Gasteiger partial charge in [0.05, 0.1) is 15.9 Å². The van der Waals surface area contributed by atoms with Crippen molar-refractivity contribution in [1.82, 2.24) is 5.32 Å². The van der Waals surface area contributed by atoms with E-state index >= 15 is 0 Å². The molecule has 0 spiro atoms. The molecule has 4 aliphatic carbocycles. The van der Waals surface area contributed by atoms with E-state index in [1.165, 1.54) is 10.5 Å². The smallest absolute Gasteiger partial charge is 0.220 e. The number of ketones is 1. The zero-order valence-electron chi connectivity index (χ0n) is 23.1. The molecule has 1 aromatic rings. The fourth-order valence-electron chi connectivity index (χ4n) is 9.23. The highest BCUT2D eigenvalue weighted by molar-refractivity contribution is 9.11. The number of halogens is 1. The van der Waals surface area contributed by atoms with Crippen LogP contribution >= 0.6 is 27.3 Å². The lowest BCUT2D eigenvalue weighted by atomic mass is 9.45. The van der Waals surface area contributed by atoms with Crippen LogP contribution in [0.5, 0.6) is 0 Å². The Hall–Kier alpha value is -0.980. The van der Waals surface area contributed by atoms with Gasteiger partial charge < -0.3 is 10.4 Å². The third-order valence-corrected chi connectivity index (χ3v) is 12.8. The SMILES string of the molecule is CC(C)C(NC(=O)C[C@@H](C)C1CC[C@H]2[C@@H]3[C@H](O)CC4=CC(=O)CC[C@]4(C)[C@H]3CC[C@]12C)c1ccc(Br)s1. The Balaban J connectivity index is 1.29. The lowest BCUT2D eigenvalue weighted by molar-refractivity contribution is -0.128. The summed E-state index contributed by atoms with van der Waals surface area (Å²) >= 11 is 5.26. The van der Waals surface area contributed by atoms with Gasteiger partial charge >= 0.3 is 0 Å². The van der Waals surface area contributed by atoms with Crippen molar-refractivity contribution in [2.24, 2.45) is 46.3 Å². The third kappa shape index (κ3) is 4.82. The van der Waals surface area contributed by atoms with Gasteiger partial charge in [0.1, 0.15) is 0 Å². The standard InChI is InChI=1S/C31H44BrNO3S/c1-17(2)29(25-8-9-26(32)37-25)33-27(36)14-18(3)21-6-7-22-28-23(11-13-31(21,22)5)30(4)12-10-20(34)15-19(30)16-24(28)35/h8-9,15,17-18,21-24,28-29,35H,6-7,10-14,16H2,1-5H3,(H,33,36)/t18-,21?,22+,23+,24-,28+,29?,30+,31-/m1/s1. The predicted molar refractivity (Wildman–Crippen MR) is 153 cm³/mol. The number of aliphatic hydroxyl groups excluding tert-OH is 1. The number of hydrogen-bond donors (Lipinski definition) is 2. The van der Waals surface area contributed by atoms with E-state index in [1.807, 2.05) is 6.08 Å². The van der Waals surface area contributed by atoms with Crippen LogP contribution in [0.25, 0.3) is 0 Å². The molecule has 0 aliphatic heterocycles. The fourth-order valence-corrected chi connectivity index (χ4v) is 10.9. The second-order valence-corrected chi connectivity index (χ2v) is 16.0. The Bertz CT molecular complexity index is 1080. The molecule has 1 heterocycles. The highest BCUT2D eigenvalue weighted by Gasteiger charge is 2.61. The lowest BCUT2D eigenvalue weighted by Crippen LogP contribution is -2.55. The Labute approximate surface area is 235 Å². The summed E-state index contributed by atoms with van der Waals surface area (Å²) in [4.78, 5) is 26.6. The first-order chi connectivity index (χ1) is 17.4. The molecule has 0 radical (unpaired) electrons. The molecule has 3 fully saturated rings. The maximum atomic E-state index is 13.3. The molecular weight excluding hydrogens is 546 g/mol. The molecule has 204 valence electrons. The largest absolute Gasteiger partial charge is 0.392 e. The molecule has 0 bridgehead atoms. The summed E-state index contributed by atoms with van der Waals surface area (Å²) in [5.74, 6) is 2.81. The van der Waals surface area contributed by atoms with Crippen molar-refractivity contribution in [3.63, 3.8) is 0 Å². The summed E-state index contributed by atoms with van der Waals surface area (Å²) in [6.07, 6.45) is 8.91. The number of carbonyl (C=O) groups is 2. The molecule has 9 atom stereocenters. The highest BCUT2D eigenvalue weighted by atomic mass is 79.9. The average Bonchev–Trinajstić information content (AvgIpc) is 3.41. The van der Waals surface area contributed by atoms with Gasteiger partial charge in [-0.25, -0.2) is 0 Å². The van der Waals surface area contributed by atoms with E-state index in [1.54, 1.807) is 11.3 Å². The molecule has 1 aromatic heterocycles. The van der Waals surface area contributed by atoms with Crippen LogP contribution in [-0.2, 0) is 9.59 Å². The molecule has 0 aromatic carbocycles. The average molecular weight is 591 g/mol. The molecule has 5 rings (SSSR count). The van der Waals surface area contributed by atoms with E-state index in [4.69, 9.17) is 0 Å². The van der Waals surface area contributed by atoms with Crippen molar-refractivity contribution in [3.8, 4) is 0 Å². The molecule has 2 unspecified atom stereocenters. The molecule has 37 heavy (non-hydrogen) atoms. The normalized spacial score (nSPS) is 38.9. The zero-order valence-corrected chi connectivity index (χ0v) is 25.5. The van der Waals surface area contributed by atoms with E-state index in [2.05, 4.69) is 68.0 Å². The minimum Gasteiger partial charge on any atom is -0.392 e. The van der Waals surface area contributed by atoms with Crippen molar-refractivity contribution in [2.45, 2.75) is 98.1 Å². The summed E-state index contributed by atoms with van der Waals surface area (Å²) in [6.45, 7) is 11.4. The van der Waals surface area contributed by atoms with Crippen LogP contribution in [0.1, 0.15) is 96.9 Å². The number of thiophene rings is 1. The quantitative estimate of drug-likeness (QED) is 0.361. The Morgan fingerprint density at radius 2 is 1.92 bits per heavy atom. The maximum Gasteiger partial charge on any atom is 0.220 e. The number of hydrogen-bond acceptors (Lipinski definition) is 4. The van der Waals surface area contributed by atoms with Gasteiger partial charge in [-0.1, -0.05) is 40.2 Å². The van der Waals surface area contributed by atoms with Gasteiger partial charge in [-0.2, -0.15) is 0 Å². The van der Waals surface area contributed by atoms with Crippen molar-refractivity contribution >= 4 is 39.0 Å². The van der Waals surface area contributed by atoms with Gasteiger partial charge in [0.2, 0.25) is 5.91 Å². The van der Waals surface area contributed by atoms with Crippen LogP contribution in [0.3, 0.4) is 0 Å². The van der Waals surface area contributed by atoms with Crippen LogP contribution in [0.15, 0.2) is 27.6 Å². The van der Waals surface area contributed by atoms with Crippen LogP contribution in [-0.4, -0.2) is 22.9 Å². The molecule has 6 heteroatoms. The molecular formula is C31H44BrNO3S. The summed E-state index contributed by atoms with van der Waals surface area (Å²) < 4.78 is 1.09. The number of aliphatic hydroxyl groups is 1. The van der Waals surface area contributed by atoms with E-state index in [-0.39, 0.29) is 34.7 Å². The monoisotopic (exact) mass is 589 g/mol. The zero-order chi connectivity index (χ0) is 26.7. The molecule has 2 N–H and O–H groups in total. The van der Waals surface area contributed by atoms with E-state index in [0.717, 1.165) is 35.9 Å². The second kappa shape index (κ2) is 10.2. The van der Waals surface area contributed by atoms with Gasteiger partial charge in [-0.05, 0) is 119 Å². The van der Waals surface area contributed by atoms with Crippen molar-refractivity contribution in [1.29, 1.82) is 0 Å². The van der Waals surface area contributed by atoms with E-state index in [0.29, 0.717) is 54.8 Å². The number of amides is 1. The summed E-state index contributed by atoms with van der Waals surface area (Å²) in [7, 11) is 0. The first-order valence-electron chi connectivity index (χ1n) is 14.4. The summed E-state index contributed by atoms with van der Waals surface area (Å²) in [5.41, 5.74) is 1.43. The lowest BCUT2D eigenvalue weighted by Gasteiger charge is -2.59. The van der Waals surface area contributed by atoms with Gasteiger partial charge in [0.25, 0.3) is 0 Å². The Kier molecular flexibility index (Phi) is 7.61. The van der Waals surface area contributed by atoms with Crippen molar-refractivity contribution in [3.05, 3.63) is 32.4 Å². The Morgan fingerprint density at radius 1 is 1.16 bits per heavy atom. The van der Waals surface area contributed by atoms with Crippen LogP contribution < -0.4 is 5.32 Å². The third-order valence-electron chi connectivity index (χ3n) is 11.1. The highest BCUT2D eigenvalue weighted by Crippen LogP contribution is 2.67. The molecule has 3 saturated carbocycles. The van der Waals surface area contributed by atoms with E-state index in [9.17, 15) is 14.7 Å². The summed E-state index contributed by atoms with van der Waals surface area (Å²) in [5, 5.41) is 14.8. The number of carbonyl (C=O) groups excluding carboxylic acids is 2. The van der Waals surface area contributed by atoms with Crippen LogP contribution in [0.4, 0.5) is 0 Å². The summed E-state index contributed by atoms with van der Waals surface area (Å²) in [6, 6.07) is 4.22. The number of nitrogens with one attached hydrogen (secondary N) is 1. The minimum atomic E-state index is -0.353. The van der Waals surface area contributed by atoms with Gasteiger partial charge in [-0.15, -0.1) is 11.3 Å². The topological polar surface area (TPSA) is 66.4 Å². The fraction of sp³-hybridized carbons (Fsp3) is 0.742. The van der Waals surface area contributed by atoms with Crippen molar-refractivity contribution < 1.29 is 14.7 Å². The Morgan fingerprint density at radius 3 is 2.59 bits per heavy atom. The molecule has 4 nitrogen and oxygen atoms in total. The van der Waals surface area contributed by atoms with E-state index < -0.39 is 0 Å². The molecule has 0 saturated heterocycles. The van der Waals surface area contributed by atoms with Crippen LogP contribution in [0.2, 0.25) is 0 Å². The first-order valence-corrected chi connectivity index (χ1v) is 16.0. The van der Waals surface area contributed by atoms with Gasteiger partial charge in [0.15, 0.2) is 5.78 Å². The minimum absolute atomic E-state index is 0.0427. The first kappa shape index (κ1) is 27.6. The van der Waals surface area contributed by atoms with Gasteiger partial charge in [0, 0.05) is 17.7 Å².